The van der Waals surface area contributed by atoms with Crippen molar-refractivity contribution in [3.05, 3.63) is 66.0 Å². The summed E-state index contributed by atoms with van der Waals surface area (Å²) < 4.78 is 18.6. The van der Waals surface area contributed by atoms with E-state index in [2.05, 4.69) is 5.32 Å². The van der Waals surface area contributed by atoms with Gasteiger partial charge in [0.1, 0.15) is 11.4 Å². The number of carbonyl (C=O) groups excluding carboxylic acids is 4. The van der Waals surface area contributed by atoms with Crippen LogP contribution in [0.5, 0.6) is 0 Å². The number of benzene rings is 2. The van der Waals surface area contributed by atoms with Crippen molar-refractivity contribution in [2.45, 2.75) is 18.0 Å². The number of fused-ring (bicyclic) bond motifs is 3. The van der Waals surface area contributed by atoms with Crippen LogP contribution in [0, 0.1) is 17.7 Å². The van der Waals surface area contributed by atoms with E-state index in [1.54, 1.807) is 47.4 Å². The Morgan fingerprint density at radius 1 is 1.09 bits per heavy atom. The third-order valence-electron chi connectivity index (χ3n) is 6.95. The lowest BCUT2D eigenvalue weighted by Crippen LogP contribution is -2.67. The van der Waals surface area contributed by atoms with Gasteiger partial charge in [0, 0.05) is 19.1 Å². The number of methoxy groups -OCH3 is 1. The van der Waals surface area contributed by atoms with Crippen LogP contribution in [0.4, 0.5) is 10.1 Å². The van der Waals surface area contributed by atoms with Crippen molar-refractivity contribution in [3.63, 3.8) is 0 Å². The van der Waals surface area contributed by atoms with Crippen LogP contribution in [0.15, 0.2) is 54.6 Å². The molecule has 2 aromatic rings. The number of rotatable bonds is 4. The maximum absolute atomic E-state index is 13.8. The average Bonchev–Trinajstić information content (AvgIpc) is 3.26. The lowest BCUT2D eigenvalue weighted by molar-refractivity contribution is -0.154. The van der Waals surface area contributed by atoms with Gasteiger partial charge in [-0.3, -0.25) is 24.1 Å². The molecule has 5 rings (SSSR count). The number of hydrogen-bond acceptors (Lipinski definition) is 6. The summed E-state index contributed by atoms with van der Waals surface area (Å²) in [6.07, 6.45) is -0.379. The van der Waals surface area contributed by atoms with Crippen LogP contribution in [-0.2, 0) is 23.9 Å². The smallest absolute Gasteiger partial charge is 0.307 e. The summed E-state index contributed by atoms with van der Waals surface area (Å²) in [4.78, 5) is 56.3. The Labute approximate surface area is 189 Å². The lowest BCUT2D eigenvalue weighted by Gasteiger charge is -2.45. The Morgan fingerprint density at radius 2 is 1.79 bits per heavy atom. The number of carbonyl (C=O) groups is 4. The molecule has 3 fully saturated rings. The number of esters is 1. The number of amides is 3. The predicted molar refractivity (Wildman–Crippen MR) is 114 cm³/mol. The average molecular weight is 451 g/mol. The second kappa shape index (κ2) is 7.77. The molecule has 2 aromatic carbocycles. The maximum Gasteiger partial charge on any atom is 0.307 e. The van der Waals surface area contributed by atoms with E-state index in [1.807, 2.05) is 0 Å². The molecule has 0 aliphatic carbocycles. The van der Waals surface area contributed by atoms with Gasteiger partial charge in [-0.05, 0) is 29.8 Å². The predicted octanol–water partition coefficient (Wildman–Crippen LogP) is 1.42. The van der Waals surface area contributed by atoms with E-state index in [9.17, 15) is 23.6 Å². The number of nitrogens with one attached hydrogen (secondary N) is 1. The molecule has 170 valence electrons. The summed E-state index contributed by atoms with van der Waals surface area (Å²) in [7, 11) is 1.21. The molecular formula is C24H22FN3O5. The maximum atomic E-state index is 13.8. The number of para-hydroxylation sites is 1. The SMILES string of the molecule is COC(=O)CC12C(=O)NCCN1C(c1ccc(F)cc1)C1C(=O)N(c3ccccc3)C(=O)C12. The molecule has 3 saturated heterocycles. The van der Waals surface area contributed by atoms with Gasteiger partial charge in [-0.15, -0.1) is 0 Å². The Morgan fingerprint density at radius 3 is 2.45 bits per heavy atom. The Hall–Kier alpha value is -3.59. The van der Waals surface area contributed by atoms with Gasteiger partial charge in [0.15, 0.2) is 0 Å². The van der Waals surface area contributed by atoms with E-state index in [0.29, 0.717) is 24.3 Å². The van der Waals surface area contributed by atoms with Crippen LogP contribution in [0.3, 0.4) is 0 Å². The number of nitrogens with zero attached hydrogens (tertiary/aromatic N) is 2. The summed E-state index contributed by atoms with van der Waals surface area (Å²) in [5.41, 5.74) is -0.592. The molecule has 0 radical (unpaired) electrons. The van der Waals surface area contributed by atoms with Crippen molar-refractivity contribution in [2.75, 3.05) is 25.1 Å². The second-order valence-electron chi connectivity index (χ2n) is 8.47. The first-order chi connectivity index (χ1) is 15.9. The van der Waals surface area contributed by atoms with Crippen LogP contribution in [0.2, 0.25) is 0 Å². The quantitative estimate of drug-likeness (QED) is 0.558. The summed E-state index contributed by atoms with van der Waals surface area (Å²) in [6.45, 7) is 0.618. The van der Waals surface area contributed by atoms with Crippen molar-refractivity contribution in [2.24, 2.45) is 11.8 Å². The molecule has 8 nitrogen and oxygen atoms in total. The fraction of sp³-hybridized carbons (Fsp3) is 0.333. The molecule has 0 aromatic heterocycles. The highest BCUT2D eigenvalue weighted by Gasteiger charge is 2.73. The largest absolute Gasteiger partial charge is 0.469 e. The van der Waals surface area contributed by atoms with E-state index in [1.165, 1.54) is 19.2 Å². The monoisotopic (exact) mass is 451 g/mol. The van der Waals surface area contributed by atoms with Gasteiger partial charge < -0.3 is 10.1 Å². The summed E-state index contributed by atoms with van der Waals surface area (Å²) in [5.74, 6) is -4.59. The van der Waals surface area contributed by atoms with Crippen molar-refractivity contribution in [3.8, 4) is 0 Å². The number of ether oxygens (including phenoxy) is 1. The first-order valence-corrected chi connectivity index (χ1v) is 10.7. The summed E-state index contributed by atoms with van der Waals surface area (Å²) >= 11 is 0. The minimum absolute atomic E-state index is 0.295. The van der Waals surface area contributed by atoms with Gasteiger partial charge in [0.2, 0.25) is 17.7 Å². The molecule has 3 aliphatic heterocycles. The molecule has 33 heavy (non-hydrogen) atoms. The van der Waals surface area contributed by atoms with Gasteiger partial charge in [0.25, 0.3) is 0 Å². The van der Waals surface area contributed by atoms with Gasteiger partial charge in [-0.1, -0.05) is 30.3 Å². The van der Waals surface area contributed by atoms with Gasteiger partial charge in [0.05, 0.1) is 31.1 Å². The highest BCUT2D eigenvalue weighted by molar-refractivity contribution is 6.24. The summed E-state index contributed by atoms with van der Waals surface area (Å²) in [5, 5.41) is 2.78. The zero-order chi connectivity index (χ0) is 23.3. The number of hydrogen-bond donors (Lipinski definition) is 1. The van der Waals surface area contributed by atoms with Crippen molar-refractivity contribution >= 4 is 29.4 Å². The molecule has 0 bridgehead atoms. The zero-order valence-electron chi connectivity index (χ0n) is 17.9. The summed E-state index contributed by atoms with van der Waals surface area (Å²) in [6, 6.07) is 13.5. The molecule has 4 atom stereocenters. The highest BCUT2D eigenvalue weighted by Crippen LogP contribution is 2.57. The standard InChI is InChI=1S/C24H22FN3O5/c1-33-17(29)13-24-19-18(21(30)28(22(19)31)16-5-3-2-4-6-16)20(14-7-9-15(25)10-8-14)27(24)12-11-26-23(24)32/h2-10,18-20H,11-13H2,1H3,(H,26,32). The molecule has 1 N–H and O–H groups in total. The van der Waals surface area contributed by atoms with Crippen molar-refractivity contribution < 1.29 is 28.3 Å². The third-order valence-corrected chi connectivity index (χ3v) is 6.95. The normalized spacial score (nSPS) is 29.0. The molecule has 0 saturated carbocycles. The van der Waals surface area contributed by atoms with E-state index in [0.717, 1.165) is 4.90 Å². The van der Waals surface area contributed by atoms with Gasteiger partial charge >= 0.3 is 5.97 Å². The number of imide groups is 1. The molecule has 4 unspecified atom stereocenters. The Bertz CT molecular complexity index is 1140. The Kier molecular flexibility index (Phi) is 5.01. The lowest BCUT2D eigenvalue weighted by atomic mass is 9.76. The van der Waals surface area contributed by atoms with E-state index >= 15 is 0 Å². The van der Waals surface area contributed by atoms with Crippen LogP contribution in [0.25, 0.3) is 0 Å². The van der Waals surface area contributed by atoms with Crippen molar-refractivity contribution in [1.29, 1.82) is 0 Å². The van der Waals surface area contributed by atoms with Crippen LogP contribution in [-0.4, -0.2) is 54.3 Å². The first-order valence-electron chi connectivity index (χ1n) is 10.7. The fourth-order valence-corrected chi connectivity index (χ4v) is 5.65. The second-order valence-corrected chi connectivity index (χ2v) is 8.47. The van der Waals surface area contributed by atoms with E-state index in [-0.39, 0.29) is 6.42 Å². The van der Waals surface area contributed by atoms with Gasteiger partial charge in [-0.25, -0.2) is 9.29 Å². The molecular weight excluding hydrogens is 429 g/mol. The van der Waals surface area contributed by atoms with Gasteiger partial charge in [-0.2, -0.15) is 0 Å². The highest BCUT2D eigenvalue weighted by atomic mass is 19.1. The molecule has 3 heterocycles. The fourth-order valence-electron chi connectivity index (χ4n) is 5.65. The van der Waals surface area contributed by atoms with Crippen LogP contribution < -0.4 is 10.2 Å². The molecule has 0 spiro atoms. The van der Waals surface area contributed by atoms with Crippen LogP contribution in [0.1, 0.15) is 18.0 Å². The number of anilines is 1. The molecule has 9 heteroatoms. The minimum atomic E-state index is -1.59. The number of piperazine rings is 1. The third kappa shape index (κ3) is 2.99. The molecule has 3 amide bonds. The minimum Gasteiger partial charge on any atom is -0.469 e. The van der Waals surface area contributed by atoms with Crippen LogP contribution >= 0.6 is 0 Å². The Balaban J connectivity index is 1.71. The number of halogens is 1. The van der Waals surface area contributed by atoms with E-state index < -0.39 is 52.9 Å². The first kappa shape index (κ1) is 21.3. The topological polar surface area (TPSA) is 96.0 Å². The molecule has 3 aliphatic rings. The van der Waals surface area contributed by atoms with E-state index in [4.69, 9.17) is 4.74 Å². The zero-order valence-corrected chi connectivity index (χ0v) is 17.9. The van der Waals surface area contributed by atoms with Crippen molar-refractivity contribution in [1.82, 2.24) is 10.2 Å².